The Morgan fingerprint density at radius 1 is 1.08 bits per heavy atom. The van der Waals surface area contributed by atoms with E-state index in [-0.39, 0.29) is 18.0 Å². The van der Waals surface area contributed by atoms with Crippen LogP contribution < -0.4 is 10.6 Å². The minimum absolute atomic E-state index is 0.000727. The van der Waals surface area contributed by atoms with Gasteiger partial charge in [-0.25, -0.2) is 4.79 Å². The van der Waals surface area contributed by atoms with E-state index in [0.717, 1.165) is 30.5 Å². The first-order chi connectivity index (χ1) is 12.2. The Bertz CT molecular complexity index is 769. The van der Waals surface area contributed by atoms with Crippen LogP contribution in [0.5, 0.6) is 0 Å². The average molecular weight is 339 g/mol. The molecular formula is C18H21N5O2. The van der Waals surface area contributed by atoms with Gasteiger partial charge in [-0.3, -0.25) is 9.89 Å². The zero-order chi connectivity index (χ0) is 17.2. The molecule has 130 valence electrons. The summed E-state index contributed by atoms with van der Waals surface area (Å²) in [5.41, 5.74) is 2.19. The van der Waals surface area contributed by atoms with Crippen LogP contribution in [0, 0.1) is 0 Å². The number of amides is 3. The number of nitrogens with zero attached hydrogens (tertiary/aromatic N) is 2. The van der Waals surface area contributed by atoms with E-state index in [1.165, 1.54) is 0 Å². The summed E-state index contributed by atoms with van der Waals surface area (Å²) in [6.45, 7) is 1.16. The van der Waals surface area contributed by atoms with E-state index in [2.05, 4.69) is 20.8 Å². The molecule has 7 heteroatoms. The van der Waals surface area contributed by atoms with E-state index >= 15 is 0 Å². The maximum absolute atomic E-state index is 12.6. The molecule has 1 aliphatic carbocycles. The van der Waals surface area contributed by atoms with Crippen molar-refractivity contribution in [2.24, 2.45) is 0 Å². The van der Waals surface area contributed by atoms with E-state index < -0.39 is 0 Å². The first-order valence-corrected chi connectivity index (χ1v) is 8.66. The fourth-order valence-corrected chi connectivity index (χ4v) is 3.06. The lowest BCUT2D eigenvalue weighted by atomic mass is 10.1. The van der Waals surface area contributed by atoms with Crippen molar-refractivity contribution in [3.8, 4) is 11.3 Å². The molecule has 0 bridgehead atoms. The predicted molar refractivity (Wildman–Crippen MR) is 93.0 cm³/mol. The molecule has 7 nitrogen and oxygen atoms in total. The lowest BCUT2D eigenvalue weighted by molar-refractivity contribution is 0.0783. The second-order valence-corrected chi connectivity index (χ2v) is 6.66. The van der Waals surface area contributed by atoms with Crippen LogP contribution in [0.25, 0.3) is 11.3 Å². The van der Waals surface area contributed by atoms with Crippen LogP contribution in [0.1, 0.15) is 29.8 Å². The standard InChI is InChI=1S/C18H21N5O2/c24-17(16-10-15(21-22-16)12-4-2-1-3-5-12)23-9-8-14(11-23)20-18(25)19-13-6-7-13/h1-5,10,13-14H,6-9,11H2,(H,21,22)(H2,19,20,25)/t14-/m1/s1. The van der Waals surface area contributed by atoms with Gasteiger partial charge < -0.3 is 15.5 Å². The fraction of sp³-hybridized carbons (Fsp3) is 0.389. The van der Waals surface area contributed by atoms with Crippen LogP contribution in [0.3, 0.4) is 0 Å². The molecule has 0 radical (unpaired) electrons. The van der Waals surface area contributed by atoms with E-state index in [1.807, 2.05) is 30.3 Å². The largest absolute Gasteiger partial charge is 0.335 e. The van der Waals surface area contributed by atoms with Crippen molar-refractivity contribution in [2.75, 3.05) is 13.1 Å². The van der Waals surface area contributed by atoms with Crippen molar-refractivity contribution >= 4 is 11.9 Å². The minimum Gasteiger partial charge on any atom is -0.335 e. The summed E-state index contributed by atoms with van der Waals surface area (Å²) >= 11 is 0. The molecule has 0 spiro atoms. The molecule has 3 N–H and O–H groups in total. The Balaban J connectivity index is 1.35. The Labute approximate surface area is 145 Å². The van der Waals surface area contributed by atoms with Crippen LogP contribution in [0.15, 0.2) is 36.4 Å². The van der Waals surface area contributed by atoms with Gasteiger partial charge in [-0.05, 0) is 25.3 Å². The number of carbonyl (C=O) groups is 2. The zero-order valence-corrected chi connectivity index (χ0v) is 13.9. The Morgan fingerprint density at radius 2 is 1.84 bits per heavy atom. The second-order valence-electron chi connectivity index (χ2n) is 6.66. The molecule has 1 aromatic carbocycles. The number of H-pyrrole nitrogens is 1. The second kappa shape index (κ2) is 6.58. The van der Waals surface area contributed by atoms with E-state index in [4.69, 9.17) is 0 Å². The molecule has 2 aromatic rings. The number of carbonyl (C=O) groups excluding carboxylic acids is 2. The highest BCUT2D eigenvalue weighted by atomic mass is 16.2. The first-order valence-electron chi connectivity index (χ1n) is 8.66. The van der Waals surface area contributed by atoms with Gasteiger partial charge in [-0.15, -0.1) is 0 Å². The maximum atomic E-state index is 12.6. The highest BCUT2D eigenvalue weighted by Gasteiger charge is 2.30. The van der Waals surface area contributed by atoms with E-state index in [1.54, 1.807) is 11.0 Å². The summed E-state index contributed by atoms with van der Waals surface area (Å²) in [6.07, 6.45) is 2.89. The third-order valence-corrected chi connectivity index (χ3v) is 4.60. The molecule has 1 saturated carbocycles. The lowest BCUT2D eigenvalue weighted by Gasteiger charge is -2.16. The van der Waals surface area contributed by atoms with Gasteiger partial charge in [0.15, 0.2) is 0 Å². The SMILES string of the molecule is O=C(NC1CC1)N[C@@H]1CCN(C(=O)c2cc(-c3ccccc3)n[nH]2)C1. The molecule has 0 unspecified atom stereocenters. The molecule has 1 aliphatic heterocycles. The van der Waals surface area contributed by atoms with Gasteiger partial charge >= 0.3 is 6.03 Å². The molecule has 1 aromatic heterocycles. The topological polar surface area (TPSA) is 90.1 Å². The number of hydrogen-bond donors (Lipinski definition) is 3. The van der Waals surface area contributed by atoms with Gasteiger partial charge in [-0.2, -0.15) is 5.10 Å². The molecule has 2 heterocycles. The number of rotatable bonds is 4. The minimum atomic E-state index is -0.130. The molecule has 4 rings (SSSR count). The highest BCUT2D eigenvalue weighted by Crippen LogP contribution is 2.20. The van der Waals surface area contributed by atoms with Crippen molar-refractivity contribution in [1.82, 2.24) is 25.7 Å². The predicted octanol–water partition coefficient (Wildman–Crippen LogP) is 1.75. The van der Waals surface area contributed by atoms with Crippen molar-refractivity contribution in [3.05, 3.63) is 42.1 Å². The van der Waals surface area contributed by atoms with Gasteiger partial charge in [0.05, 0.1) is 5.69 Å². The normalized spacial score (nSPS) is 19.7. The molecule has 3 amide bonds. The van der Waals surface area contributed by atoms with Gasteiger partial charge in [0.2, 0.25) is 0 Å². The Hall–Kier alpha value is -2.83. The van der Waals surface area contributed by atoms with E-state index in [9.17, 15) is 9.59 Å². The number of aromatic nitrogens is 2. The molecule has 25 heavy (non-hydrogen) atoms. The quantitative estimate of drug-likeness (QED) is 0.793. The third-order valence-electron chi connectivity index (χ3n) is 4.60. The average Bonchev–Trinajstić information content (AvgIpc) is 3.13. The van der Waals surface area contributed by atoms with Crippen molar-refractivity contribution < 1.29 is 9.59 Å². The highest BCUT2D eigenvalue weighted by molar-refractivity contribution is 5.93. The van der Waals surface area contributed by atoms with Crippen LogP contribution in [-0.4, -0.2) is 52.2 Å². The number of urea groups is 1. The zero-order valence-electron chi connectivity index (χ0n) is 13.9. The summed E-state index contributed by atoms with van der Waals surface area (Å²) in [4.78, 5) is 26.2. The van der Waals surface area contributed by atoms with Gasteiger partial charge in [-0.1, -0.05) is 30.3 Å². The number of hydrogen-bond acceptors (Lipinski definition) is 3. The van der Waals surface area contributed by atoms with Crippen molar-refractivity contribution in [3.63, 3.8) is 0 Å². The molecule has 1 saturated heterocycles. The smallest absolute Gasteiger partial charge is 0.315 e. The summed E-state index contributed by atoms with van der Waals surface area (Å²) < 4.78 is 0. The van der Waals surface area contributed by atoms with E-state index in [0.29, 0.717) is 24.8 Å². The lowest BCUT2D eigenvalue weighted by Crippen LogP contribution is -2.44. The number of nitrogens with one attached hydrogen (secondary N) is 3. The van der Waals surface area contributed by atoms with Gasteiger partial charge in [0, 0.05) is 30.7 Å². The number of benzene rings is 1. The van der Waals surface area contributed by atoms with Gasteiger partial charge in [0.25, 0.3) is 5.91 Å². The van der Waals surface area contributed by atoms with Crippen LogP contribution in [0.4, 0.5) is 4.79 Å². The number of likely N-dealkylation sites (tertiary alicyclic amines) is 1. The fourth-order valence-electron chi connectivity index (χ4n) is 3.06. The third kappa shape index (κ3) is 3.65. The van der Waals surface area contributed by atoms with Crippen molar-refractivity contribution in [1.29, 1.82) is 0 Å². The molecule has 2 fully saturated rings. The van der Waals surface area contributed by atoms with Crippen molar-refractivity contribution in [2.45, 2.75) is 31.3 Å². The van der Waals surface area contributed by atoms with Gasteiger partial charge in [0.1, 0.15) is 5.69 Å². The number of aromatic amines is 1. The first kappa shape index (κ1) is 15.7. The maximum Gasteiger partial charge on any atom is 0.315 e. The molecular weight excluding hydrogens is 318 g/mol. The van der Waals surface area contributed by atoms with Crippen LogP contribution >= 0.6 is 0 Å². The Kier molecular flexibility index (Phi) is 4.13. The summed E-state index contributed by atoms with van der Waals surface area (Å²) in [5, 5.41) is 12.9. The monoisotopic (exact) mass is 339 g/mol. The van der Waals surface area contributed by atoms with Crippen LogP contribution in [-0.2, 0) is 0 Å². The summed E-state index contributed by atoms with van der Waals surface area (Å²) in [6, 6.07) is 11.7. The van der Waals surface area contributed by atoms with Crippen LogP contribution in [0.2, 0.25) is 0 Å². The Morgan fingerprint density at radius 3 is 2.60 bits per heavy atom. The molecule has 2 aliphatic rings. The molecule has 1 atom stereocenters. The summed E-state index contributed by atoms with van der Waals surface area (Å²) in [5.74, 6) is -0.0819. The summed E-state index contributed by atoms with van der Waals surface area (Å²) in [7, 11) is 0.